The average molecular weight is 346 g/mol. The maximum absolute atomic E-state index is 12.8. The third-order valence-corrected chi connectivity index (χ3v) is 5.67. The summed E-state index contributed by atoms with van der Waals surface area (Å²) in [5.74, 6) is 1.11. The number of benzene rings is 1. The zero-order valence-electron chi connectivity index (χ0n) is 14.6. The van der Waals surface area contributed by atoms with Crippen LogP contribution < -0.4 is 14.8 Å². The van der Waals surface area contributed by atoms with Gasteiger partial charge in [0.05, 0.1) is 5.56 Å². The molecule has 3 aliphatic heterocycles. The van der Waals surface area contributed by atoms with Crippen LogP contribution in [0.5, 0.6) is 11.5 Å². The minimum Gasteiger partial charge on any atom is -0.454 e. The summed E-state index contributed by atoms with van der Waals surface area (Å²) in [7, 11) is 0. The molecule has 0 aliphatic carbocycles. The van der Waals surface area contributed by atoms with E-state index in [1.54, 1.807) is 6.07 Å². The van der Waals surface area contributed by atoms with Crippen molar-refractivity contribution in [3.63, 3.8) is 0 Å². The molecule has 0 aromatic heterocycles. The van der Waals surface area contributed by atoms with Crippen LogP contribution in [0.1, 0.15) is 42.5 Å². The lowest BCUT2D eigenvalue weighted by molar-refractivity contribution is -0.0349. The second kappa shape index (κ2) is 7.22. The van der Waals surface area contributed by atoms with Crippen molar-refractivity contribution < 1.29 is 19.0 Å². The molecule has 1 aromatic carbocycles. The smallest absolute Gasteiger partial charge is 0.255 e. The van der Waals surface area contributed by atoms with Crippen LogP contribution in [0, 0.1) is 0 Å². The first kappa shape index (κ1) is 16.7. The molecule has 3 aliphatic rings. The molecule has 25 heavy (non-hydrogen) atoms. The van der Waals surface area contributed by atoms with Gasteiger partial charge in [-0.15, -0.1) is 0 Å². The third-order valence-electron chi connectivity index (χ3n) is 5.67. The lowest BCUT2D eigenvalue weighted by Crippen LogP contribution is -2.59. The number of para-hydroxylation sites is 1. The third kappa shape index (κ3) is 3.33. The van der Waals surface area contributed by atoms with E-state index in [0.717, 1.165) is 39.1 Å². The van der Waals surface area contributed by atoms with Gasteiger partial charge in [-0.1, -0.05) is 12.5 Å². The van der Waals surface area contributed by atoms with E-state index in [4.69, 9.17) is 14.2 Å². The van der Waals surface area contributed by atoms with Crippen molar-refractivity contribution in [2.24, 2.45) is 0 Å². The zero-order chi connectivity index (χ0) is 17.1. The molecule has 0 bridgehead atoms. The van der Waals surface area contributed by atoms with Crippen LogP contribution in [0.3, 0.4) is 0 Å². The maximum atomic E-state index is 12.8. The standard InChI is InChI=1S/C19H26N2O4/c22-18(15-5-4-6-16-17(15)25-14-24-16)20-13-19(7-11-23-12-8-19)21-9-2-1-3-10-21/h4-6H,1-3,7-14H2,(H,20,22). The van der Waals surface area contributed by atoms with Gasteiger partial charge in [-0.2, -0.15) is 0 Å². The highest BCUT2D eigenvalue weighted by Gasteiger charge is 2.39. The van der Waals surface area contributed by atoms with Crippen LogP contribution >= 0.6 is 0 Å². The molecule has 1 aromatic rings. The lowest BCUT2D eigenvalue weighted by Gasteiger charge is -2.48. The predicted octanol–water partition coefficient (Wildman–Crippen LogP) is 2.18. The Kier molecular flexibility index (Phi) is 4.81. The first-order valence-corrected chi connectivity index (χ1v) is 9.28. The highest BCUT2D eigenvalue weighted by molar-refractivity contribution is 5.98. The number of fused-ring (bicyclic) bond motifs is 1. The maximum Gasteiger partial charge on any atom is 0.255 e. The van der Waals surface area contributed by atoms with E-state index in [1.807, 2.05) is 12.1 Å². The first-order valence-electron chi connectivity index (χ1n) is 9.28. The molecule has 0 unspecified atom stereocenters. The molecule has 6 heteroatoms. The number of nitrogens with one attached hydrogen (secondary N) is 1. The lowest BCUT2D eigenvalue weighted by atomic mass is 9.86. The number of ether oxygens (including phenoxy) is 3. The number of hydrogen-bond donors (Lipinski definition) is 1. The van der Waals surface area contributed by atoms with Crippen LogP contribution in [-0.4, -0.2) is 56.0 Å². The number of amides is 1. The Morgan fingerprint density at radius 1 is 1.12 bits per heavy atom. The predicted molar refractivity (Wildman–Crippen MR) is 93.1 cm³/mol. The Balaban J connectivity index is 1.47. The van der Waals surface area contributed by atoms with E-state index < -0.39 is 0 Å². The van der Waals surface area contributed by atoms with Crippen LogP contribution in [0.4, 0.5) is 0 Å². The Morgan fingerprint density at radius 2 is 1.92 bits per heavy atom. The van der Waals surface area contributed by atoms with Crippen molar-refractivity contribution in [2.75, 3.05) is 39.6 Å². The summed E-state index contributed by atoms with van der Waals surface area (Å²) in [5, 5.41) is 3.16. The molecular formula is C19H26N2O4. The molecule has 2 saturated heterocycles. The molecule has 0 atom stereocenters. The van der Waals surface area contributed by atoms with E-state index in [0.29, 0.717) is 23.6 Å². The van der Waals surface area contributed by atoms with Gasteiger partial charge in [0.15, 0.2) is 11.5 Å². The molecule has 136 valence electrons. The first-order chi connectivity index (χ1) is 12.3. The fraction of sp³-hybridized carbons (Fsp3) is 0.632. The Morgan fingerprint density at radius 3 is 2.72 bits per heavy atom. The van der Waals surface area contributed by atoms with Gasteiger partial charge in [0.25, 0.3) is 5.91 Å². The van der Waals surface area contributed by atoms with Crippen molar-refractivity contribution in [1.82, 2.24) is 10.2 Å². The molecule has 4 rings (SSSR count). The summed E-state index contributed by atoms with van der Waals surface area (Å²) in [6, 6.07) is 5.45. The molecule has 1 N–H and O–H groups in total. The van der Waals surface area contributed by atoms with Crippen molar-refractivity contribution in [3.8, 4) is 11.5 Å². The van der Waals surface area contributed by atoms with Gasteiger partial charge in [0.1, 0.15) is 0 Å². The monoisotopic (exact) mass is 346 g/mol. The van der Waals surface area contributed by atoms with E-state index in [-0.39, 0.29) is 18.2 Å². The van der Waals surface area contributed by atoms with E-state index in [2.05, 4.69) is 10.2 Å². The SMILES string of the molecule is O=C(NCC1(N2CCCCC2)CCOCC1)c1cccc2c1OCO2. The number of rotatable bonds is 4. The molecule has 0 spiro atoms. The van der Waals surface area contributed by atoms with Crippen molar-refractivity contribution in [3.05, 3.63) is 23.8 Å². The Hall–Kier alpha value is -1.79. The number of piperidine rings is 1. The largest absolute Gasteiger partial charge is 0.454 e. The summed E-state index contributed by atoms with van der Waals surface area (Å²) in [6.07, 6.45) is 5.74. The molecule has 2 fully saturated rings. The minimum atomic E-state index is -0.0924. The highest BCUT2D eigenvalue weighted by atomic mass is 16.7. The summed E-state index contributed by atoms with van der Waals surface area (Å²) < 4.78 is 16.4. The van der Waals surface area contributed by atoms with E-state index >= 15 is 0 Å². The molecule has 0 radical (unpaired) electrons. The van der Waals surface area contributed by atoms with Gasteiger partial charge in [-0.3, -0.25) is 9.69 Å². The van der Waals surface area contributed by atoms with E-state index in [9.17, 15) is 4.79 Å². The van der Waals surface area contributed by atoms with Gasteiger partial charge in [0.2, 0.25) is 6.79 Å². The zero-order valence-corrected chi connectivity index (χ0v) is 14.6. The summed E-state index contributed by atoms with van der Waals surface area (Å²) in [5.41, 5.74) is 0.569. The van der Waals surface area contributed by atoms with Gasteiger partial charge in [-0.05, 0) is 50.9 Å². The highest BCUT2D eigenvalue weighted by Crippen LogP contribution is 2.35. The Labute approximate surface area is 148 Å². The van der Waals surface area contributed by atoms with Crippen LogP contribution in [0.2, 0.25) is 0 Å². The van der Waals surface area contributed by atoms with Gasteiger partial charge in [0, 0.05) is 25.3 Å². The fourth-order valence-electron chi connectivity index (χ4n) is 4.17. The normalized spacial score (nSPS) is 22.6. The van der Waals surface area contributed by atoms with Crippen molar-refractivity contribution >= 4 is 5.91 Å². The van der Waals surface area contributed by atoms with Gasteiger partial charge < -0.3 is 19.5 Å². The number of carbonyl (C=O) groups excluding carboxylic acids is 1. The second-order valence-corrected chi connectivity index (χ2v) is 7.11. The van der Waals surface area contributed by atoms with Crippen LogP contribution in [0.25, 0.3) is 0 Å². The van der Waals surface area contributed by atoms with Crippen LogP contribution in [0.15, 0.2) is 18.2 Å². The van der Waals surface area contributed by atoms with Crippen molar-refractivity contribution in [2.45, 2.75) is 37.6 Å². The van der Waals surface area contributed by atoms with E-state index in [1.165, 1.54) is 19.3 Å². The van der Waals surface area contributed by atoms with Gasteiger partial charge in [-0.25, -0.2) is 0 Å². The molecule has 3 heterocycles. The number of hydrogen-bond acceptors (Lipinski definition) is 5. The number of nitrogens with zero attached hydrogens (tertiary/aromatic N) is 1. The Bertz CT molecular complexity index is 622. The number of carbonyl (C=O) groups is 1. The summed E-state index contributed by atoms with van der Waals surface area (Å²) in [4.78, 5) is 15.4. The summed E-state index contributed by atoms with van der Waals surface area (Å²) >= 11 is 0. The molecular weight excluding hydrogens is 320 g/mol. The van der Waals surface area contributed by atoms with Crippen molar-refractivity contribution in [1.29, 1.82) is 0 Å². The molecule has 1 amide bonds. The second-order valence-electron chi connectivity index (χ2n) is 7.11. The quantitative estimate of drug-likeness (QED) is 0.905. The minimum absolute atomic E-state index is 0.0175. The molecule has 0 saturated carbocycles. The number of likely N-dealkylation sites (tertiary alicyclic amines) is 1. The average Bonchev–Trinajstić information content (AvgIpc) is 3.16. The topological polar surface area (TPSA) is 60.0 Å². The van der Waals surface area contributed by atoms with Crippen LogP contribution in [-0.2, 0) is 4.74 Å². The fourth-order valence-corrected chi connectivity index (χ4v) is 4.17. The molecule has 6 nitrogen and oxygen atoms in total. The van der Waals surface area contributed by atoms with Gasteiger partial charge >= 0.3 is 0 Å². The summed E-state index contributed by atoms with van der Waals surface area (Å²) in [6.45, 7) is 4.60.